The molecular formula is C19H38O2. The summed E-state index contributed by atoms with van der Waals surface area (Å²) in [5, 5.41) is 0. The van der Waals surface area contributed by atoms with Crippen molar-refractivity contribution in [1.29, 1.82) is 0 Å². The highest BCUT2D eigenvalue weighted by atomic mass is 16.6. The molecule has 0 amide bonds. The van der Waals surface area contributed by atoms with Crippen LogP contribution in [0.15, 0.2) is 0 Å². The Morgan fingerprint density at radius 1 is 1.05 bits per heavy atom. The third-order valence-corrected chi connectivity index (χ3v) is 5.53. The first kappa shape index (κ1) is 20.5. The molecule has 0 aromatic carbocycles. The molecule has 0 saturated heterocycles. The summed E-state index contributed by atoms with van der Waals surface area (Å²) in [6.45, 7) is 6.10. The van der Waals surface area contributed by atoms with E-state index in [0.717, 1.165) is 19.3 Å². The lowest BCUT2D eigenvalue weighted by Crippen LogP contribution is -2.44. The molecule has 0 aromatic heterocycles. The minimum Gasteiger partial charge on any atom is -0.458 e. The van der Waals surface area contributed by atoms with Crippen LogP contribution in [0, 0.1) is 11.3 Å². The average molecular weight is 299 g/mol. The van der Waals surface area contributed by atoms with Gasteiger partial charge in [0.1, 0.15) is 5.60 Å². The van der Waals surface area contributed by atoms with Crippen LogP contribution in [-0.2, 0) is 9.53 Å². The van der Waals surface area contributed by atoms with Crippen molar-refractivity contribution < 1.29 is 9.53 Å². The molecule has 2 fully saturated rings. The van der Waals surface area contributed by atoms with E-state index in [4.69, 9.17) is 4.74 Å². The van der Waals surface area contributed by atoms with E-state index in [-0.39, 0.29) is 31.8 Å². The molecule has 2 rings (SSSR count). The minimum absolute atomic E-state index is 0. The SMILES string of the molecule is C.C.CCC(C)(C)C(=O)OC1(C2CCCCC2)CCCC1. The second-order valence-electron chi connectivity index (χ2n) is 7.23. The lowest BCUT2D eigenvalue weighted by molar-refractivity contribution is -0.178. The summed E-state index contributed by atoms with van der Waals surface area (Å²) < 4.78 is 6.16. The van der Waals surface area contributed by atoms with E-state index >= 15 is 0 Å². The van der Waals surface area contributed by atoms with Crippen LogP contribution in [0.25, 0.3) is 0 Å². The molecule has 0 heterocycles. The van der Waals surface area contributed by atoms with Crippen LogP contribution in [0.1, 0.15) is 99.8 Å². The average Bonchev–Trinajstić information content (AvgIpc) is 2.89. The topological polar surface area (TPSA) is 26.3 Å². The van der Waals surface area contributed by atoms with Gasteiger partial charge in [-0.15, -0.1) is 0 Å². The number of rotatable bonds is 4. The van der Waals surface area contributed by atoms with Gasteiger partial charge >= 0.3 is 5.97 Å². The maximum atomic E-state index is 12.5. The Morgan fingerprint density at radius 3 is 2.05 bits per heavy atom. The van der Waals surface area contributed by atoms with Crippen molar-refractivity contribution in [1.82, 2.24) is 0 Å². The van der Waals surface area contributed by atoms with Crippen molar-refractivity contribution in [2.45, 2.75) is 105 Å². The molecule has 0 unspecified atom stereocenters. The van der Waals surface area contributed by atoms with Gasteiger partial charge in [-0.2, -0.15) is 0 Å². The van der Waals surface area contributed by atoms with Crippen molar-refractivity contribution in [3.63, 3.8) is 0 Å². The van der Waals surface area contributed by atoms with Gasteiger partial charge in [0.05, 0.1) is 5.41 Å². The van der Waals surface area contributed by atoms with Crippen LogP contribution in [0.2, 0.25) is 0 Å². The molecule has 126 valence electrons. The van der Waals surface area contributed by atoms with Crippen molar-refractivity contribution in [3.8, 4) is 0 Å². The molecule has 0 atom stereocenters. The first-order valence-corrected chi connectivity index (χ1v) is 8.24. The first-order chi connectivity index (χ1) is 9.00. The second-order valence-corrected chi connectivity index (χ2v) is 7.23. The molecule has 21 heavy (non-hydrogen) atoms. The fourth-order valence-electron chi connectivity index (χ4n) is 3.66. The number of esters is 1. The predicted octanol–water partition coefficient (Wildman–Crippen LogP) is 6.13. The van der Waals surface area contributed by atoms with E-state index in [1.807, 2.05) is 13.8 Å². The van der Waals surface area contributed by atoms with Gasteiger partial charge in [-0.05, 0) is 64.7 Å². The first-order valence-electron chi connectivity index (χ1n) is 8.24. The van der Waals surface area contributed by atoms with Gasteiger partial charge in [-0.3, -0.25) is 4.79 Å². The van der Waals surface area contributed by atoms with Crippen molar-refractivity contribution in [3.05, 3.63) is 0 Å². The van der Waals surface area contributed by atoms with Crippen LogP contribution in [0.4, 0.5) is 0 Å². The van der Waals surface area contributed by atoms with Crippen LogP contribution >= 0.6 is 0 Å². The number of carbonyl (C=O) groups is 1. The van der Waals surface area contributed by atoms with Gasteiger partial charge in [0.15, 0.2) is 0 Å². The van der Waals surface area contributed by atoms with E-state index < -0.39 is 0 Å². The summed E-state index contributed by atoms with van der Waals surface area (Å²) in [7, 11) is 0. The van der Waals surface area contributed by atoms with Gasteiger partial charge < -0.3 is 4.74 Å². The molecule has 0 N–H and O–H groups in total. The lowest BCUT2D eigenvalue weighted by Gasteiger charge is -2.41. The monoisotopic (exact) mass is 298 g/mol. The Bertz CT molecular complexity index is 308. The van der Waals surface area contributed by atoms with E-state index in [2.05, 4.69) is 6.92 Å². The zero-order valence-electron chi connectivity index (χ0n) is 13.0. The summed E-state index contributed by atoms with van der Waals surface area (Å²) in [6, 6.07) is 0. The third kappa shape index (κ3) is 4.47. The van der Waals surface area contributed by atoms with Gasteiger partial charge in [0, 0.05) is 0 Å². The molecule has 0 bridgehead atoms. The van der Waals surface area contributed by atoms with Gasteiger partial charge in [-0.1, -0.05) is 41.0 Å². The lowest BCUT2D eigenvalue weighted by atomic mass is 9.75. The number of ether oxygens (including phenoxy) is 1. The number of hydrogen-bond acceptors (Lipinski definition) is 2. The van der Waals surface area contributed by atoms with Gasteiger partial charge in [0.25, 0.3) is 0 Å². The Labute approximate surface area is 133 Å². The van der Waals surface area contributed by atoms with Crippen LogP contribution in [-0.4, -0.2) is 11.6 Å². The van der Waals surface area contributed by atoms with Crippen LogP contribution < -0.4 is 0 Å². The third-order valence-electron chi connectivity index (χ3n) is 5.53. The van der Waals surface area contributed by atoms with Crippen LogP contribution in [0.3, 0.4) is 0 Å². The Balaban J connectivity index is 0.00000200. The fourth-order valence-corrected chi connectivity index (χ4v) is 3.66. The molecule has 2 aliphatic carbocycles. The summed E-state index contributed by atoms with van der Waals surface area (Å²) in [4.78, 5) is 12.5. The molecule has 2 aliphatic rings. The maximum absolute atomic E-state index is 12.5. The Hall–Kier alpha value is -0.530. The zero-order valence-corrected chi connectivity index (χ0v) is 13.0. The normalized spacial score (nSPS) is 22.0. The fraction of sp³-hybridized carbons (Fsp3) is 0.947. The highest BCUT2D eigenvalue weighted by Crippen LogP contribution is 2.46. The van der Waals surface area contributed by atoms with E-state index in [1.165, 1.54) is 44.9 Å². The quantitative estimate of drug-likeness (QED) is 0.583. The van der Waals surface area contributed by atoms with Crippen molar-refractivity contribution in [2.24, 2.45) is 11.3 Å². The minimum atomic E-state index is -0.329. The molecule has 2 nitrogen and oxygen atoms in total. The molecule has 0 spiro atoms. The molecular weight excluding hydrogens is 260 g/mol. The highest BCUT2D eigenvalue weighted by molar-refractivity contribution is 5.76. The van der Waals surface area contributed by atoms with Gasteiger partial charge in [0.2, 0.25) is 0 Å². The Kier molecular flexibility index (Phi) is 7.99. The summed E-state index contributed by atoms with van der Waals surface area (Å²) in [6.07, 6.45) is 12.1. The summed E-state index contributed by atoms with van der Waals surface area (Å²) >= 11 is 0. The Morgan fingerprint density at radius 2 is 1.57 bits per heavy atom. The van der Waals surface area contributed by atoms with Crippen molar-refractivity contribution >= 4 is 5.97 Å². The molecule has 2 saturated carbocycles. The van der Waals surface area contributed by atoms with Gasteiger partial charge in [-0.25, -0.2) is 0 Å². The smallest absolute Gasteiger partial charge is 0.312 e. The summed E-state index contributed by atoms with van der Waals surface area (Å²) in [5.74, 6) is 0.655. The molecule has 0 aliphatic heterocycles. The van der Waals surface area contributed by atoms with E-state index in [1.54, 1.807) is 0 Å². The second kappa shape index (κ2) is 8.19. The van der Waals surface area contributed by atoms with E-state index in [9.17, 15) is 4.79 Å². The standard InChI is InChI=1S/C17H30O2.2CH4/c1-4-16(2,3)15(18)19-17(12-8-9-13-17)14-10-6-5-7-11-14;;/h14H,4-13H2,1-3H3;2*1H4. The molecule has 0 aromatic rings. The molecule has 2 heteroatoms. The zero-order chi connectivity index (χ0) is 13.9. The van der Waals surface area contributed by atoms with Crippen LogP contribution in [0.5, 0.6) is 0 Å². The maximum Gasteiger partial charge on any atom is 0.312 e. The number of hydrogen-bond donors (Lipinski definition) is 0. The van der Waals surface area contributed by atoms with Crippen molar-refractivity contribution in [2.75, 3.05) is 0 Å². The summed E-state index contributed by atoms with van der Waals surface area (Å²) in [5.41, 5.74) is -0.436. The largest absolute Gasteiger partial charge is 0.458 e. The molecule has 0 radical (unpaired) electrons. The number of carbonyl (C=O) groups excluding carboxylic acids is 1. The van der Waals surface area contributed by atoms with E-state index in [0.29, 0.717) is 5.92 Å². The predicted molar refractivity (Wildman–Crippen MR) is 91.4 cm³/mol. The highest BCUT2D eigenvalue weighted by Gasteiger charge is 2.46.